The van der Waals surface area contributed by atoms with Gasteiger partial charge in [0.25, 0.3) is 0 Å². The van der Waals surface area contributed by atoms with E-state index in [1.807, 2.05) is 18.2 Å². The molecule has 21 heavy (non-hydrogen) atoms. The molecule has 0 aliphatic rings. The minimum Gasteiger partial charge on any atom is -0.385 e. The fourth-order valence-corrected chi connectivity index (χ4v) is 2.15. The fraction of sp³-hybridized carbons (Fsp3) is 0.562. The fourth-order valence-electron chi connectivity index (χ4n) is 1.96. The molecule has 0 saturated carbocycles. The van der Waals surface area contributed by atoms with E-state index >= 15 is 0 Å². The van der Waals surface area contributed by atoms with Gasteiger partial charge in [0.1, 0.15) is 0 Å². The van der Waals surface area contributed by atoms with Gasteiger partial charge in [0.2, 0.25) is 0 Å². The first-order chi connectivity index (χ1) is 9.99. The number of halogens is 1. The highest BCUT2D eigenvalue weighted by atomic mass is 35.5. The second kappa shape index (κ2) is 8.90. The number of nitrogens with one attached hydrogen (secondary N) is 2. The van der Waals surface area contributed by atoms with Gasteiger partial charge < -0.3 is 15.4 Å². The predicted molar refractivity (Wildman–Crippen MR) is 90.3 cm³/mol. The van der Waals surface area contributed by atoms with E-state index in [4.69, 9.17) is 16.3 Å². The molecule has 0 saturated heterocycles. The van der Waals surface area contributed by atoms with E-state index < -0.39 is 0 Å². The standard InChI is InChI=1S/C16H26ClN3O/c1-16(2,13-7-5-8-14(17)11-13)12-20-15(18-3)19-9-6-10-21-4/h5,7-8,11H,6,9-10,12H2,1-4H3,(H2,18,19,20). The molecule has 118 valence electrons. The van der Waals surface area contributed by atoms with Crippen LogP contribution in [0.2, 0.25) is 5.02 Å². The van der Waals surface area contributed by atoms with Crippen LogP contribution in [0.4, 0.5) is 0 Å². The summed E-state index contributed by atoms with van der Waals surface area (Å²) in [7, 11) is 3.48. The molecule has 0 radical (unpaired) electrons. The van der Waals surface area contributed by atoms with Crippen molar-refractivity contribution >= 4 is 17.6 Å². The molecular weight excluding hydrogens is 286 g/mol. The van der Waals surface area contributed by atoms with Crippen molar-refractivity contribution in [2.24, 2.45) is 4.99 Å². The lowest BCUT2D eigenvalue weighted by molar-refractivity contribution is 0.195. The molecule has 4 nitrogen and oxygen atoms in total. The Morgan fingerprint density at radius 2 is 2.10 bits per heavy atom. The van der Waals surface area contributed by atoms with Crippen LogP contribution in [0, 0.1) is 0 Å². The van der Waals surface area contributed by atoms with Crippen molar-refractivity contribution in [2.45, 2.75) is 25.7 Å². The normalized spacial score (nSPS) is 12.3. The summed E-state index contributed by atoms with van der Waals surface area (Å²) in [5, 5.41) is 7.40. The Balaban J connectivity index is 2.51. The van der Waals surface area contributed by atoms with Crippen LogP contribution in [0.1, 0.15) is 25.8 Å². The molecule has 0 atom stereocenters. The number of ether oxygens (including phenoxy) is 1. The number of hydrogen-bond acceptors (Lipinski definition) is 2. The Hall–Kier alpha value is -1.26. The molecule has 0 unspecified atom stereocenters. The molecule has 0 heterocycles. The third kappa shape index (κ3) is 6.36. The summed E-state index contributed by atoms with van der Waals surface area (Å²) in [5.74, 6) is 0.807. The minimum absolute atomic E-state index is 0.0327. The van der Waals surface area contributed by atoms with E-state index in [-0.39, 0.29) is 5.41 Å². The Kier molecular flexibility index (Phi) is 7.54. The monoisotopic (exact) mass is 311 g/mol. The number of nitrogens with zero attached hydrogens (tertiary/aromatic N) is 1. The molecule has 2 N–H and O–H groups in total. The third-order valence-electron chi connectivity index (χ3n) is 3.35. The van der Waals surface area contributed by atoms with Gasteiger partial charge in [0.05, 0.1) is 0 Å². The Bertz CT molecular complexity index is 461. The molecule has 0 aromatic heterocycles. The van der Waals surface area contributed by atoms with E-state index in [9.17, 15) is 0 Å². The van der Waals surface area contributed by atoms with Crippen molar-refractivity contribution in [1.82, 2.24) is 10.6 Å². The lowest BCUT2D eigenvalue weighted by Gasteiger charge is -2.27. The Morgan fingerprint density at radius 1 is 1.33 bits per heavy atom. The second-order valence-corrected chi connectivity index (χ2v) is 6.03. The van der Waals surface area contributed by atoms with Gasteiger partial charge in [-0.15, -0.1) is 0 Å². The van der Waals surface area contributed by atoms with Crippen LogP contribution in [0.15, 0.2) is 29.3 Å². The second-order valence-electron chi connectivity index (χ2n) is 5.59. The van der Waals surface area contributed by atoms with E-state index in [2.05, 4.69) is 35.5 Å². The number of rotatable bonds is 7. The zero-order valence-electron chi connectivity index (χ0n) is 13.4. The number of hydrogen-bond donors (Lipinski definition) is 2. The summed E-state index contributed by atoms with van der Waals surface area (Å²) < 4.78 is 5.03. The van der Waals surface area contributed by atoms with Crippen molar-refractivity contribution < 1.29 is 4.74 Å². The van der Waals surface area contributed by atoms with Crippen molar-refractivity contribution in [3.63, 3.8) is 0 Å². The van der Waals surface area contributed by atoms with Crippen molar-refractivity contribution in [3.8, 4) is 0 Å². The van der Waals surface area contributed by atoms with Crippen molar-refractivity contribution in [2.75, 3.05) is 33.9 Å². The number of benzene rings is 1. The first kappa shape index (κ1) is 17.8. The summed E-state index contributed by atoms with van der Waals surface area (Å²) >= 11 is 6.07. The van der Waals surface area contributed by atoms with Gasteiger partial charge in [-0.25, -0.2) is 0 Å². The molecule has 0 fully saturated rings. The molecule has 1 rings (SSSR count). The molecule has 0 amide bonds. The summed E-state index contributed by atoms with van der Waals surface area (Å²) in [6.07, 6.45) is 0.953. The molecule has 0 spiro atoms. The molecular formula is C16H26ClN3O. The number of guanidine groups is 1. The van der Waals surface area contributed by atoms with Crippen LogP contribution in [-0.2, 0) is 10.2 Å². The summed E-state index contributed by atoms with van der Waals surface area (Å²) in [4.78, 5) is 4.23. The van der Waals surface area contributed by atoms with Gasteiger partial charge in [-0.05, 0) is 24.1 Å². The average molecular weight is 312 g/mol. The minimum atomic E-state index is -0.0327. The Morgan fingerprint density at radius 3 is 2.71 bits per heavy atom. The molecule has 0 bridgehead atoms. The SMILES string of the molecule is CN=C(NCCCOC)NCC(C)(C)c1cccc(Cl)c1. The summed E-state index contributed by atoms with van der Waals surface area (Å²) in [6, 6.07) is 7.99. The Labute approximate surface area is 132 Å². The first-order valence-corrected chi connectivity index (χ1v) is 7.57. The maximum Gasteiger partial charge on any atom is 0.191 e. The maximum absolute atomic E-state index is 6.07. The van der Waals surface area contributed by atoms with E-state index in [1.165, 1.54) is 5.56 Å². The zero-order valence-corrected chi connectivity index (χ0v) is 14.1. The predicted octanol–water partition coefficient (Wildman–Crippen LogP) is 2.82. The number of methoxy groups -OCH3 is 1. The van der Waals surface area contributed by atoms with Crippen LogP contribution >= 0.6 is 11.6 Å². The molecule has 1 aromatic carbocycles. The van der Waals surface area contributed by atoms with Crippen LogP contribution in [0.3, 0.4) is 0 Å². The first-order valence-electron chi connectivity index (χ1n) is 7.19. The number of aliphatic imine (C=N–C) groups is 1. The average Bonchev–Trinajstić information content (AvgIpc) is 2.46. The lowest BCUT2D eigenvalue weighted by Crippen LogP contribution is -2.43. The van der Waals surface area contributed by atoms with Gasteiger partial charge in [-0.2, -0.15) is 0 Å². The summed E-state index contributed by atoms with van der Waals surface area (Å²) in [6.45, 7) is 6.73. The molecule has 0 aliphatic heterocycles. The van der Waals surface area contributed by atoms with E-state index in [0.717, 1.165) is 37.1 Å². The van der Waals surface area contributed by atoms with Gasteiger partial charge in [-0.1, -0.05) is 37.6 Å². The lowest BCUT2D eigenvalue weighted by atomic mass is 9.84. The quantitative estimate of drug-likeness (QED) is 0.462. The van der Waals surface area contributed by atoms with Crippen LogP contribution in [-0.4, -0.2) is 39.8 Å². The highest BCUT2D eigenvalue weighted by Gasteiger charge is 2.21. The molecule has 5 heteroatoms. The summed E-state index contributed by atoms with van der Waals surface area (Å²) in [5.41, 5.74) is 1.17. The smallest absolute Gasteiger partial charge is 0.191 e. The third-order valence-corrected chi connectivity index (χ3v) is 3.58. The van der Waals surface area contributed by atoms with Crippen LogP contribution in [0.25, 0.3) is 0 Å². The van der Waals surface area contributed by atoms with Crippen molar-refractivity contribution in [3.05, 3.63) is 34.9 Å². The van der Waals surface area contributed by atoms with Crippen molar-refractivity contribution in [1.29, 1.82) is 0 Å². The molecule has 0 aliphatic carbocycles. The van der Waals surface area contributed by atoms with E-state index in [0.29, 0.717) is 0 Å². The van der Waals surface area contributed by atoms with Crippen LogP contribution < -0.4 is 10.6 Å². The van der Waals surface area contributed by atoms with Gasteiger partial charge in [0, 0.05) is 44.3 Å². The molecule has 1 aromatic rings. The highest BCUT2D eigenvalue weighted by molar-refractivity contribution is 6.30. The van der Waals surface area contributed by atoms with Gasteiger partial charge >= 0.3 is 0 Å². The van der Waals surface area contributed by atoms with E-state index in [1.54, 1.807) is 14.2 Å². The maximum atomic E-state index is 6.07. The zero-order chi connectivity index (χ0) is 15.7. The highest BCUT2D eigenvalue weighted by Crippen LogP contribution is 2.24. The van der Waals surface area contributed by atoms with Crippen LogP contribution in [0.5, 0.6) is 0 Å². The topological polar surface area (TPSA) is 45.7 Å². The van der Waals surface area contributed by atoms with Gasteiger partial charge in [-0.3, -0.25) is 4.99 Å². The van der Waals surface area contributed by atoms with Gasteiger partial charge in [0.15, 0.2) is 5.96 Å². The largest absolute Gasteiger partial charge is 0.385 e.